The SMILES string of the molecule is Cc1nccc(C(=O)NN)c1O. The molecule has 5 nitrogen and oxygen atoms in total. The van der Waals surface area contributed by atoms with Crippen LogP contribution in [-0.4, -0.2) is 16.0 Å². The summed E-state index contributed by atoms with van der Waals surface area (Å²) in [6, 6.07) is 1.39. The van der Waals surface area contributed by atoms with Crippen LogP contribution in [0, 0.1) is 6.92 Å². The fraction of sp³-hybridized carbons (Fsp3) is 0.143. The molecule has 0 aliphatic heterocycles. The molecule has 12 heavy (non-hydrogen) atoms. The minimum atomic E-state index is -0.530. The van der Waals surface area contributed by atoms with Crippen molar-refractivity contribution in [3.05, 3.63) is 23.5 Å². The minimum absolute atomic E-state index is 0.130. The molecule has 1 heterocycles. The molecule has 1 rings (SSSR count). The highest BCUT2D eigenvalue weighted by Crippen LogP contribution is 2.18. The summed E-state index contributed by atoms with van der Waals surface area (Å²) in [6.45, 7) is 1.60. The van der Waals surface area contributed by atoms with E-state index in [0.29, 0.717) is 5.69 Å². The maximum atomic E-state index is 11.0. The summed E-state index contributed by atoms with van der Waals surface area (Å²) < 4.78 is 0. The third kappa shape index (κ3) is 1.35. The quantitative estimate of drug-likeness (QED) is 0.304. The molecule has 0 saturated heterocycles. The van der Waals surface area contributed by atoms with Gasteiger partial charge in [-0.05, 0) is 13.0 Å². The Balaban J connectivity index is 3.16. The molecule has 0 atom stereocenters. The number of hydrazine groups is 1. The third-order valence-corrected chi connectivity index (χ3v) is 1.48. The normalized spacial score (nSPS) is 9.50. The van der Waals surface area contributed by atoms with Crippen LogP contribution in [-0.2, 0) is 0 Å². The van der Waals surface area contributed by atoms with Gasteiger partial charge in [0.05, 0.1) is 11.3 Å². The average Bonchev–Trinajstić information content (AvgIpc) is 2.08. The molecule has 5 heteroatoms. The number of aromatic nitrogens is 1. The van der Waals surface area contributed by atoms with Crippen LogP contribution in [0.5, 0.6) is 5.75 Å². The van der Waals surface area contributed by atoms with E-state index >= 15 is 0 Å². The first kappa shape index (κ1) is 8.48. The summed E-state index contributed by atoms with van der Waals surface area (Å²) in [4.78, 5) is 14.7. The summed E-state index contributed by atoms with van der Waals surface area (Å²) in [5.41, 5.74) is 2.45. The number of nitrogens with two attached hydrogens (primary N) is 1. The number of aryl methyl sites for hydroxylation is 1. The van der Waals surface area contributed by atoms with Gasteiger partial charge < -0.3 is 5.11 Å². The second-order valence-corrected chi connectivity index (χ2v) is 2.27. The molecular weight excluding hydrogens is 158 g/mol. The number of carbonyl (C=O) groups excluding carboxylic acids is 1. The summed E-state index contributed by atoms with van der Waals surface area (Å²) in [6.07, 6.45) is 1.43. The summed E-state index contributed by atoms with van der Waals surface area (Å²) in [5, 5.41) is 9.32. The van der Waals surface area contributed by atoms with Crippen molar-refractivity contribution in [3.8, 4) is 5.75 Å². The monoisotopic (exact) mass is 167 g/mol. The van der Waals surface area contributed by atoms with Crippen LogP contribution < -0.4 is 11.3 Å². The molecule has 0 aromatic carbocycles. The summed E-state index contributed by atoms with van der Waals surface area (Å²) >= 11 is 0. The first-order valence-corrected chi connectivity index (χ1v) is 3.32. The van der Waals surface area contributed by atoms with Crippen LogP contribution in [0.25, 0.3) is 0 Å². The Morgan fingerprint density at radius 2 is 2.42 bits per heavy atom. The van der Waals surface area contributed by atoms with Gasteiger partial charge in [0.25, 0.3) is 5.91 Å². The van der Waals surface area contributed by atoms with E-state index in [1.165, 1.54) is 12.3 Å². The molecule has 0 aliphatic rings. The van der Waals surface area contributed by atoms with Crippen LogP contribution >= 0.6 is 0 Å². The summed E-state index contributed by atoms with van der Waals surface area (Å²) in [7, 11) is 0. The largest absolute Gasteiger partial charge is 0.505 e. The van der Waals surface area contributed by atoms with E-state index in [9.17, 15) is 9.90 Å². The van der Waals surface area contributed by atoms with E-state index in [1.807, 2.05) is 5.43 Å². The smallest absolute Gasteiger partial charge is 0.269 e. The molecule has 4 N–H and O–H groups in total. The zero-order valence-corrected chi connectivity index (χ0v) is 6.53. The van der Waals surface area contributed by atoms with E-state index in [1.54, 1.807) is 6.92 Å². The molecule has 0 unspecified atom stereocenters. The van der Waals surface area contributed by atoms with Crippen molar-refractivity contribution in [3.63, 3.8) is 0 Å². The number of aromatic hydroxyl groups is 1. The molecule has 0 saturated carbocycles. The van der Waals surface area contributed by atoms with Crippen molar-refractivity contribution in [2.45, 2.75) is 6.92 Å². The van der Waals surface area contributed by atoms with Gasteiger partial charge in [0.2, 0.25) is 0 Å². The Bertz CT molecular complexity index is 312. The zero-order chi connectivity index (χ0) is 9.14. The maximum absolute atomic E-state index is 11.0. The number of nitrogen functional groups attached to an aromatic ring is 1. The Kier molecular flexibility index (Phi) is 2.25. The topological polar surface area (TPSA) is 88.2 Å². The Labute approximate surface area is 69.2 Å². The van der Waals surface area contributed by atoms with Crippen LogP contribution in [0.3, 0.4) is 0 Å². The number of carbonyl (C=O) groups is 1. The lowest BCUT2D eigenvalue weighted by molar-refractivity contribution is 0.0950. The Hall–Kier alpha value is -1.62. The molecule has 0 aliphatic carbocycles. The number of rotatable bonds is 1. The van der Waals surface area contributed by atoms with Gasteiger partial charge in [-0.15, -0.1) is 0 Å². The fourth-order valence-corrected chi connectivity index (χ4v) is 0.820. The lowest BCUT2D eigenvalue weighted by atomic mass is 10.2. The maximum Gasteiger partial charge on any atom is 0.269 e. The molecule has 1 aromatic heterocycles. The number of hydrogen-bond acceptors (Lipinski definition) is 4. The minimum Gasteiger partial charge on any atom is -0.505 e. The van der Waals surface area contributed by atoms with Crippen LogP contribution in [0.1, 0.15) is 16.1 Å². The average molecular weight is 167 g/mol. The van der Waals surface area contributed by atoms with Crippen molar-refractivity contribution in [2.75, 3.05) is 0 Å². The Morgan fingerprint density at radius 3 is 3.00 bits per heavy atom. The van der Waals surface area contributed by atoms with E-state index < -0.39 is 5.91 Å². The first-order valence-electron chi connectivity index (χ1n) is 3.32. The number of pyridine rings is 1. The van der Waals surface area contributed by atoms with Gasteiger partial charge in [0.1, 0.15) is 5.75 Å². The van der Waals surface area contributed by atoms with Crippen LogP contribution in [0.4, 0.5) is 0 Å². The standard InChI is InChI=1S/C7H9N3O2/c1-4-6(11)5(2-3-9-4)7(12)10-8/h2-3,11H,8H2,1H3,(H,10,12). The lowest BCUT2D eigenvalue weighted by Gasteiger charge is -2.03. The lowest BCUT2D eigenvalue weighted by Crippen LogP contribution is -2.30. The highest BCUT2D eigenvalue weighted by atomic mass is 16.3. The zero-order valence-electron chi connectivity index (χ0n) is 6.53. The molecule has 0 bridgehead atoms. The molecule has 1 aromatic rings. The number of nitrogens with zero attached hydrogens (tertiary/aromatic N) is 1. The van der Waals surface area contributed by atoms with Gasteiger partial charge in [0.15, 0.2) is 0 Å². The van der Waals surface area contributed by atoms with Gasteiger partial charge >= 0.3 is 0 Å². The second-order valence-electron chi connectivity index (χ2n) is 2.27. The van der Waals surface area contributed by atoms with E-state index in [0.717, 1.165) is 0 Å². The van der Waals surface area contributed by atoms with Gasteiger partial charge in [-0.2, -0.15) is 0 Å². The van der Waals surface area contributed by atoms with Gasteiger partial charge in [-0.1, -0.05) is 0 Å². The van der Waals surface area contributed by atoms with Crippen molar-refractivity contribution in [1.29, 1.82) is 0 Å². The van der Waals surface area contributed by atoms with Crippen molar-refractivity contribution in [2.24, 2.45) is 5.84 Å². The van der Waals surface area contributed by atoms with Crippen molar-refractivity contribution in [1.82, 2.24) is 10.4 Å². The molecule has 64 valence electrons. The molecule has 0 radical (unpaired) electrons. The molecule has 1 amide bonds. The van der Waals surface area contributed by atoms with Crippen LogP contribution in [0.2, 0.25) is 0 Å². The number of hydrogen-bond donors (Lipinski definition) is 3. The van der Waals surface area contributed by atoms with Gasteiger partial charge in [-0.3, -0.25) is 15.2 Å². The first-order chi connectivity index (χ1) is 5.66. The Morgan fingerprint density at radius 1 is 1.75 bits per heavy atom. The molecular formula is C7H9N3O2. The second kappa shape index (κ2) is 3.19. The van der Waals surface area contributed by atoms with E-state index in [4.69, 9.17) is 5.84 Å². The van der Waals surface area contributed by atoms with Crippen LogP contribution in [0.15, 0.2) is 12.3 Å². The fourth-order valence-electron chi connectivity index (χ4n) is 0.820. The predicted octanol–water partition coefficient (Wildman–Crippen LogP) is -0.301. The van der Waals surface area contributed by atoms with Crippen molar-refractivity contribution < 1.29 is 9.90 Å². The molecule has 0 spiro atoms. The highest BCUT2D eigenvalue weighted by Gasteiger charge is 2.10. The number of amides is 1. The van der Waals surface area contributed by atoms with Crippen molar-refractivity contribution >= 4 is 5.91 Å². The third-order valence-electron chi connectivity index (χ3n) is 1.48. The predicted molar refractivity (Wildman–Crippen MR) is 42.3 cm³/mol. The highest BCUT2D eigenvalue weighted by molar-refractivity contribution is 5.96. The number of nitrogens with one attached hydrogen (secondary N) is 1. The summed E-state index contributed by atoms with van der Waals surface area (Å²) in [5.74, 6) is 4.22. The van der Waals surface area contributed by atoms with E-state index in [2.05, 4.69) is 4.98 Å². The molecule has 0 fully saturated rings. The van der Waals surface area contributed by atoms with E-state index in [-0.39, 0.29) is 11.3 Å². The van der Waals surface area contributed by atoms with Gasteiger partial charge in [-0.25, -0.2) is 5.84 Å². The van der Waals surface area contributed by atoms with Gasteiger partial charge in [0, 0.05) is 6.20 Å².